The highest BCUT2D eigenvalue weighted by Crippen LogP contribution is 2.24. The number of nitrogens with two attached hydrogens (primary N) is 1. The van der Waals surface area contributed by atoms with Gasteiger partial charge in [0.1, 0.15) is 18.1 Å². The molecular formula is C15H15ClN2O3. The first-order chi connectivity index (χ1) is 10.1. The molecule has 3 N–H and O–H groups in total. The topological polar surface area (TPSA) is 77.1 Å². The Morgan fingerprint density at radius 2 is 2.00 bits per heavy atom. The van der Waals surface area contributed by atoms with E-state index in [0.29, 0.717) is 28.7 Å². The van der Waals surface area contributed by atoms with Crippen LogP contribution in [0.1, 0.15) is 11.1 Å². The SMILES string of the molecule is COc1cc(OCc2cccc(Cl)c2)cc(/C(N)=N/O)c1. The molecule has 0 unspecified atom stereocenters. The lowest BCUT2D eigenvalue weighted by Gasteiger charge is -2.10. The van der Waals surface area contributed by atoms with E-state index in [1.54, 1.807) is 24.3 Å². The van der Waals surface area contributed by atoms with Crippen LogP contribution in [-0.4, -0.2) is 18.2 Å². The highest BCUT2D eigenvalue weighted by molar-refractivity contribution is 6.30. The van der Waals surface area contributed by atoms with Crippen LogP contribution in [0.2, 0.25) is 5.02 Å². The summed E-state index contributed by atoms with van der Waals surface area (Å²) in [5.74, 6) is 1.10. The Kier molecular flexibility index (Phi) is 4.90. The third-order valence-electron chi connectivity index (χ3n) is 2.81. The molecule has 0 atom stereocenters. The van der Waals surface area contributed by atoms with Crippen LogP contribution in [0.4, 0.5) is 0 Å². The summed E-state index contributed by atoms with van der Waals surface area (Å²) in [6.07, 6.45) is 0. The van der Waals surface area contributed by atoms with E-state index in [0.717, 1.165) is 5.56 Å². The second-order valence-electron chi connectivity index (χ2n) is 4.30. The fourth-order valence-electron chi connectivity index (χ4n) is 1.77. The summed E-state index contributed by atoms with van der Waals surface area (Å²) in [6.45, 7) is 0.351. The number of halogens is 1. The van der Waals surface area contributed by atoms with Gasteiger partial charge in [0, 0.05) is 16.7 Å². The van der Waals surface area contributed by atoms with Crippen LogP contribution in [0.25, 0.3) is 0 Å². The molecule has 110 valence electrons. The van der Waals surface area contributed by atoms with Crippen LogP contribution in [-0.2, 0) is 6.61 Å². The van der Waals surface area contributed by atoms with E-state index in [4.69, 9.17) is 32.0 Å². The quantitative estimate of drug-likeness (QED) is 0.385. The van der Waals surface area contributed by atoms with Crippen LogP contribution >= 0.6 is 11.6 Å². The second kappa shape index (κ2) is 6.85. The van der Waals surface area contributed by atoms with Gasteiger partial charge in [-0.15, -0.1) is 0 Å². The zero-order valence-corrected chi connectivity index (χ0v) is 12.2. The van der Waals surface area contributed by atoms with Crippen molar-refractivity contribution in [3.8, 4) is 11.5 Å². The van der Waals surface area contributed by atoms with Crippen LogP contribution in [0.5, 0.6) is 11.5 Å². The van der Waals surface area contributed by atoms with Crippen molar-refractivity contribution in [2.24, 2.45) is 10.9 Å². The second-order valence-corrected chi connectivity index (χ2v) is 4.74. The lowest BCUT2D eigenvalue weighted by molar-refractivity contribution is 0.303. The molecule has 0 saturated carbocycles. The molecule has 0 aromatic heterocycles. The van der Waals surface area contributed by atoms with Crippen LogP contribution in [0.15, 0.2) is 47.6 Å². The summed E-state index contributed by atoms with van der Waals surface area (Å²) in [7, 11) is 1.53. The number of nitrogens with zero attached hydrogens (tertiary/aromatic N) is 1. The van der Waals surface area contributed by atoms with Crippen LogP contribution < -0.4 is 15.2 Å². The summed E-state index contributed by atoms with van der Waals surface area (Å²) in [5, 5.41) is 12.4. The highest BCUT2D eigenvalue weighted by atomic mass is 35.5. The first kappa shape index (κ1) is 15.0. The van der Waals surface area contributed by atoms with Crippen LogP contribution in [0.3, 0.4) is 0 Å². The number of hydrogen-bond acceptors (Lipinski definition) is 4. The van der Waals surface area contributed by atoms with E-state index in [9.17, 15) is 0 Å². The van der Waals surface area contributed by atoms with Gasteiger partial charge in [-0.3, -0.25) is 0 Å². The maximum absolute atomic E-state index is 8.75. The number of benzene rings is 2. The fourth-order valence-corrected chi connectivity index (χ4v) is 1.98. The van der Waals surface area contributed by atoms with Gasteiger partial charge in [-0.2, -0.15) is 0 Å². The molecule has 0 aliphatic heterocycles. The van der Waals surface area contributed by atoms with E-state index in [1.165, 1.54) is 7.11 Å². The summed E-state index contributed by atoms with van der Waals surface area (Å²) in [6, 6.07) is 12.4. The molecule has 0 aliphatic rings. The molecule has 21 heavy (non-hydrogen) atoms. The molecule has 0 spiro atoms. The van der Waals surface area contributed by atoms with Gasteiger partial charge < -0.3 is 20.4 Å². The van der Waals surface area contributed by atoms with Gasteiger partial charge in [-0.05, 0) is 29.8 Å². The van der Waals surface area contributed by atoms with Crippen molar-refractivity contribution in [2.75, 3.05) is 7.11 Å². The molecule has 2 aromatic rings. The molecule has 5 nitrogen and oxygen atoms in total. The molecule has 0 amide bonds. The summed E-state index contributed by atoms with van der Waals surface area (Å²) in [4.78, 5) is 0. The Bertz CT molecular complexity index is 659. The van der Waals surface area contributed by atoms with Crippen molar-refractivity contribution in [3.63, 3.8) is 0 Å². The van der Waals surface area contributed by atoms with E-state index in [1.807, 2.05) is 18.2 Å². The molecule has 6 heteroatoms. The third-order valence-corrected chi connectivity index (χ3v) is 3.05. The predicted octanol–water partition coefficient (Wildman–Crippen LogP) is 3.02. The predicted molar refractivity (Wildman–Crippen MR) is 81.3 cm³/mol. The van der Waals surface area contributed by atoms with E-state index >= 15 is 0 Å². The van der Waals surface area contributed by atoms with Crippen LogP contribution in [0, 0.1) is 0 Å². The molecule has 0 saturated heterocycles. The number of amidine groups is 1. The lowest BCUT2D eigenvalue weighted by Crippen LogP contribution is -2.13. The minimum Gasteiger partial charge on any atom is -0.497 e. The fraction of sp³-hybridized carbons (Fsp3) is 0.133. The minimum atomic E-state index is -0.0125. The monoisotopic (exact) mass is 306 g/mol. The van der Waals surface area contributed by atoms with Gasteiger partial charge >= 0.3 is 0 Å². The first-order valence-corrected chi connectivity index (χ1v) is 6.54. The van der Waals surface area contributed by atoms with Crippen molar-refractivity contribution in [2.45, 2.75) is 6.61 Å². The zero-order valence-electron chi connectivity index (χ0n) is 11.4. The number of rotatable bonds is 5. The first-order valence-electron chi connectivity index (χ1n) is 6.16. The Morgan fingerprint density at radius 3 is 2.67 bits per heavy atom. The van der Waals surface area contributed by atoms with E-state index in [-0.39, 0.29) is 5.84 Å². The average Bonchev–Trinajstić information content (AvgIpc) is 2.51. The van der Waals surface area contributed by atoms with Gasteiger partial charge in [-0.25, -0.2) is 0 Å². The molecule has 2 aromatic carbocycles. The molecule has 0 aliphatic carbocycles. The van der Waals surface area contributed by atoms with Gasteiger partial charge in [-0.1, -0.05) is 28.9 Å². The normalized spacial score (nSPS) is 11.2. The number of oxime groups is 1. The average molecular weight is 307 g/mol. The van der Waals surface area contributed by atoms with Crippen molar-refractivity contribution in [1.82, 2.24) is 0 Å². The number of methoxy groups -OCH3 is 1. The highest BCUT2D eigenvalue weighted by Gasteiger charge is 2.06. The molecule has 2 rings (SSSR count). The summed E-state index contributed by atoms with van der Waals surface area (Å²) >= 11 is 5.92. The van der Waals surface area contributed by atoms with E-state index in [2.05, 4.69) is 5.16 Å². The smallest absolute Gasteiger partial charge is 0.170 e. The maximum atomic E-state index is 8.75. The van der Waals surface area contributed by atoms with Gasteiger partial charge in [0.05, 0.1) is 7.11 Å². The van der Waals surface area contributed by atoms with E-state index < -0.39 is 0 Å². The largest absolute Gasteiger partial charge is 0.497 e. The number of hydrogen-bond donors (Lipinski definition) is 2. The molecular weight excluding hydrogens is 292 g/mol. The Balaban J connectivity index is 2.19. The summed E-state index contributed by atoms with van der Waals surface area (Å²) in [5.41, 5.74) is 7.04. The standard InChI is InChI=1S/C15H15ClN2O3/c1-20-13-6-11(15(17)18-19)7-14(8-13)21-9-10-3-2-4-12(16)5-10/h2-8,19H,9H2,1H3,(H2,17,18). The van der Waals surface area contributed by atoms with Crippen molar-refractivity contribution in [3.05, 3.63) is 58.6 Å². The van der Waals surface area contributed by atoms with Gasteiger partial charge in [0.15, 0.2) is 5.84 Å². The lowest BCUT2D eigenvalue weighted by atomic mass is 10.2. The molecule has 0 fully saturated rings. The Morgan fingerprint density at radius 1 is 1.24 bits per heavy atom. The summed E-state index contributed by atoms with van der Waals surface area (Å²) < 4.78 is 10.9. The Labute approximate surface area is 127 Å². The zero-order chi connectivity index (χ0) is 15.2. The van der Waals surface area contributed by atoms with Crippen molar-refractivity contribution in [1.29, 1.82) is 0 Å². The van der Waals surface area contributed by atoms with Crippen molar-refractivity contribution >= 4 is 17.4 Å². The van der Waals surface area contributed by atoms with Gasteiger partial charge in [0.2, 0.25) is 0 Å². The minimum absolute atomic E-state index is 0.0125. The number of ether oxygens (including phenoxy) is 2. The third kappa shape index (κ3) is 4.03. The maximum Gasteiger partial charge on any atom is 0.170 e. The van der Waals surface area contributed by atoms with Gasteiger partial charge in [0.25, 0.3) is 0 Å². The molecule has 0 bridgehead atoms. The molecule has 0 heterocycles. The van der Waals surface area contributed by atoms with Crippen molar-refractivity contribution < 1.29 is 14.7 Å². The molecule has 0 radical (unpaired) electrons. The Hall–Kier alpha value is -2.40.